The van der Waals surface area contributed by atoms with Crippen molar-refractivity contribution >= 4 is 23.2 Å². The third-order valence-corrected chi connectivity index (χ3v) is 6.32. The molecule has 4 rings (SSSR count). The first kappa shape index (κ1) is 22.2. The van der Waals surface area contributed by atoms with Gasteiger partial charge in [-0.1, -0.05) is 41.9 Å². The van der Waals surface area contributed by atoms with Crippen LogP contribution < -0.4 is 10.5 Å². The molecule has 0 saturated carbocycles. The predicted octanol–water partition coefficient (Wildman–Crippen LogP) is 4.81. The lowest BCUT2D eigenvalue weighted by molar-refractivity contribution is 0.0784. The highest BCUT2D eigenvalue weighted by Gasteiger charge is 2.15. The number of amides is 1. The molecule has 3 aromatic rings. The molecular weight excluding hydrogens is 422 g/mol. The quantitative estimate of drug-likeness (QED) is 0.542. The van der Waals surface area contributed by atoms with Crippen LogP contribution in [0.25, 0.3) is 0 Å². The smallest absolute Gasteiger partial charge is 0.255 e. The second kappa shape index (κ2) is 10.0. The number of rotatable bonds is 6. The van der Waals surface area contributed by atoms with E-state index in [2.05, 4.69) is 29.2 Å². The Morgan fingerprint density at radius 2 is 1.69 bits per heavy atom. The van der Waals surface area contributed by atoms with Crippen molar-refractivity contribution in [2.45, 2.75) is 32.4 Å². The van der Waals surface area contributed by atoms with Gasteiger partial charge in [0.2, 0.25) is 0 Å². The van der Waals surface area contributed by atoms with Gasteiger partial charge < -0.3 is 14.4 Å². The van der Waals surface area contributed by atoms with E-state index in [-0.39, 0.29) is 11.5 Å². The molecule has 2 heterocycles. The van der Waals surface area contributed by atoms with Crippen molar-refractivity contribution in [1.82, 2.24) is 9.47 Å². The molecular formula is C26H28ClN3O2. The summed E-state index contributed by atoms with van der Waals surface area (Å²) in [6.07, 6.45) is 5.42. The summed E-state index contributed by atoms with van der Waals surface area (Å²) >= 11 is 6.24. The molecule has 1 aromatic heterocycles. The molecule has 1 fully saturated rings. The number of carbonyl (C=O) groups excluding carboxylic acids is 1. The third-order valence-electron chi connectivity index (χ3n) is 5.95. The molecule has 32 heavy (non-hydrogen) atoms. The Labute approximate surface area is 193 Å². The number of hydrogen-bond acceptors (Lipinski definition) is 3. The van der Waals surface area contributed by atoms with Crippen LogP contribution in [0.4, 0.5) is 5.69 Å². The van der Waals surface area contributed by atoms with Gasteiger partial charge in [-0.15, -0.1) is 0 Å². The fourth-order valence-corrected chi connectivity index (χ4v) is 4.32. The monoisotopic (exact) mass is 449 g/mol. The van der Waals surface area contributed by atoms with Crippen molar-refractivity contribution in [3.63, 3.8) is 0 Å². The summed E-state index contributed by atoms with van der Waals surface area (Å²) < 4.78 is 1.52. The zero-order chi connectivity index (χ0) is 22.5. The minimum absolute atomic E-state index is 0.127. The van der Waals surface area contributed by atoms with Gasteiger partial charge in [-0.2, -0.15) is 0 Å². The van der Waals surface area contributed by atoms with Crippen LogP contribution in [-0.2, 0) is 13.1 Å². The summed E-state index contributed by atoms with van der Waals surface area (Å²) in [5, 5.41) is 0.598. The molecule has 1 saturated heterocycles. The molecule has 166 valence electrons. The van der Waals surface area contributed by atoms with Crippen molar-refractivity contribution in [2.75, 3.05) is 25.0 Å². The van der Waals surface area contributed by atoms with E-state index in [4.69, 9.17) is 11.6 Å². The number of anilines is 1. The van der Waals surface area contributed by atoms with Crippen LogP contribution in [-0.4, -0.2) is 35.5 Å². The van der Waals surface area contributed by atoms with E-state index in [1.165, 1.54) is 35.6 Å². The summed E-state index contributed by atoms with van der Waals surface area (Å²) in [6.45, 7) is 3.05. The predicted molar refractivity (Wildman–Crippen MR) is 130 cm³/mol. The van der Waals surface area contributed by atoms with Crippen LogP contribution in [0.5, 0.6) is 0 Å². The number of pyridine rings is 1. The van der Waals surface area contributed by atoms with Gasteiger partial charge in [0, 0.05) is 49.7 Å². The molecule has 2 aromatic carbocycles. The van der Waals surface area contributed by atoms with E-state index in [9.17, 15) is 9.59 Å². The van der Waals surface area contributed by atoms with Crippen molar-refractivity contribution < 1.29 is 4.79 Å². The molecule has 1 aliphatic rings. The third kappa shape index (κ3) is 5.22. The lowest BCUT2D eigenvalue weighted by Gasteiger charge is -2.29. The molecule has 0 unspecified atom stereocenters. The first-order valence-corrected chi connectivity index (χ1v) is 11.4. The molecule has 1 amide bonds. The molecule has 0 spiro atoms. The molecule has 5 nitrogen and oxygen atoms in total. The zero-order valence-electron chi connectivity index (χ0n) is 18.3. The summed E-state index contributed by atoms with van der Waals surface area (Å²) in [5.41, 5.74) is 3.46. The van der Waals surface area contributed by atoms with Crippen LogP contribution in [0.1, 0.15) is 40.7 Å². The van der Waals surface area contributed by atoms with E-state index >= 15 is 0 Å². The van der Waals surface area contributed by atoms with Crippen LogP contribution in [0, 0.1) is 0 Å². The van der Waals surface area contributed by atoms with Crippen molar-refractivity contribution in [1.29, 1.82) is 0 Å². The van der Waals surface area contributed by atoms with Crippen molar-refractivity contribution in [3.05, 3.63) is 98.9 Å². The Balaban J connectivity index is 1.44. The lowest BCUT2D eigenvalue weighted by Crippen LogP contribution is -2.29. The highest BCUT2D eigenvalue weighted by atomic mass is 35.5. The molecule has 6 heteroatoms. The topological polar surface area (TPSA) is 45.6 Å². The number of piperidine rings is 1. The Hall–Kier alpha value is -3.05. The summed E-state index contributed by atoms with van der Waals surface area (Å²) in [6, 6.07) is 18.9. The Bertz CT molecular complexity index is 1130. The van der Waals surface area contributed by atoms with Crippen molar-refractivity contribution in [3.8, 4) is 0 Å². The van der Waals surface area contributed by atoms with E-state index in [0.29, 0.717) is 23.7 Å². The number of hydrogen-bond donors (Lipinski definition) is 0. The fourth-order valence-electron chi connectivity index (χ4n) is 4.12. The molecule has 0 aliphatic carbocycles. The summed E-state index contributed by atoms with van der Waals surface area (Å²) in [5.74, 6) is -0.127. The molecule has 0 bridgehead atoms. The highest BCUT2D eigenvalue weighted by Crippen LogP contribution is 2.21. The number of carbonyl (C=O) groups is 1. The molecule has 0 atom stereocenters. The number of aromatic nitrogens is 1. The van der Waals surface area contributed by atoms with E-state index in [0.717, 1.165) is 24.2 Å². The SMILES string of the molecule is CN(Cc1ccc(N2CCCCC2)cc1)C(=O)c1ccc(=O)n(Cc2ccccc2Cl)c1. The normalized spacial score (nSPS) is 13.8. The van der Waals surface area contributed by atoms with Gasteiger partial charge in [0.05, 0.1) is 12.1 Å². The summed E-state index contributed by atoms with van der Waals surface area (Å²) in [7, 11) is 1.78. The fraction of sp³-hybridized carbons (Fsp3) is 0.308. The van der Waals surface area contributed by atoms with Crippen LogP contribution in [0.2, 0.25) is 5.02 Å². The first-order chi connectivity index (χ1) is 15.5. The average molecular weight is 450 g/mol. The lowest BCUT2D eigenvalue weighted by atomic mass is 10.1. The maximum Gasteiger partial charge on any atom is 0.255 e. The van der Waals surface area contributed by atoms with Crippen LogP contribution in [0.3, 0.4) is 0 Å². The number of nitrogens with zero attached hydrogens (tertiary/aromatic N) is 3. The van der Waals surface area contributed by atoms with Crippen molar-refractivity contribution in [2.24, 2.45) is 0 Å². The molecule has 1 aliphatic heterocycles. The average Bonchev–Trinajstić information content (AvgIpc) is 2.82. The minimum Gasteiger partial charge on any atom is -0.372 e. The summed E-state index contributed by atoms with van der Waals surface area (Å²) in [4.78, 5) is 29.4. The molecule has 0 N–H and O–H groups in total. The van der Waals surface area contributed by atoms with Crippen LogP contribution >= 0.6 is 11.6 Å². The van der Waals surface area contributed by atoms with Gasteiger partial charge >= 0.3 is 0 Å². The van der Waals surface area contributed by atoms with E-state index < -0.39 is 0 Å². The maximum absolute atomic E-state index is 13.0. The number of benzene rings is 2. The Morgan fingerprint density at radius 1 is 0.969 bits per heavy atom. The van der Waals surface area contributed by atoms with Gasteiger partial charge in [0.15, 0.2) is 0 Å². The second-order valence-corrected chi connectivity index (χ2v) is 8.76. The van der Waals surface area contributed by atoms with Crippen LogP contribution in [0.15, 0.2) is 71.7 Å². The van der Waals surface area contributed by atoms with E-state index in [1.54, 1.807) is 30.3 Å². The minimum atomic E-state index is -0.169. The number of halogens is 1. The zero-order valence-corrected chi connectivity index (χ0v) is 19.1. The first-order valence-electron chi connectivity index (χ1n) is 11.0. The van der Waals surface area contributed by atoms with Gasteiger partial charge in [0.25, 0.3) is 11.5 Å². The van der Waals surface area contributed by atoms with Gasteiger partial charge in [0.1, 0.15) is 0 Å². The van der Waals surface area contributed by atoms with E-state index in [1.807, 2.05) is 18.2 Å². The highest BCUT2D eigenvalue weighted by molar-refractivity contribution is 6.31. The van der Waals surface area contributed by atoms with Gasteiger partial charge in [-0.3, -0.25) is 9.59 Å². The molecule has 0 radical (unpaired) electrons. The van der Waals surface area contributed by atoms with Gasteiger partial charge in [-0.25, -0.2) is 0 Å². The maximum atomic E-state index is 13.0. The second-order valence-electron chi connectivity index (χ2n) is 8.35. The van der Waals surface area contributed by atoms with Gasteiger partial charge in [-0.05, 0) is 54.7 Å². The largest absolute Gasteiger partial charge is 0.372 e. The Morgan fingerprint density at radius 3 is 2.41 bits per heavy atom. The Kier molecular flexibility index (Phi) is 6.96. The standard InChI is InChI=1S/C26H28ClN3O2/c1-28(17-20-9-12-23(13-10-20)29-15-5-2-6-16-29)26(32)22-11-14-25(31)30(19-22)18-21-7-3-4-8-24(21)27/h3-4,7-14,19H,2,5-6,15-18H2,1H3.